The van der Waals surface area contributed by atoms with Crippen molar-refractivity contribution in [3.63, 3.8) is 0 Å². The zero-order chi connectivity index (χ0) is 19.2. The molecule has 5 heteroatoms. The van der Waals surface area contributed by atoms with E-state index in [-0.39, 0.29) is 17.2 Å². The summed E-state index contributed by atoms with van der Waals surface area (Å²) >= 11 is 0. The number of carbonyl (C=O) groups is 1. The number of rotatable bonds is 14. The molecule has 0 heterocycles. The van der Waals surface area contributed by atoms with Gasteiger partial charge in [-0.1, -0.05) is 64.7 Å². The molecule has 1 aromatic carbocycles. The second kappa shape index (κ2) is 13.3. The summed E-state index contributed by atoms with van der Waals surface area (Å²) in [7, 11) is 2.85. The van der Waals surface area contributed by atoms with Crippen LogP contribution in [0, 0.1) is 0 Å². The van der Waals surface area contributed by atoms with Crippen molar-refractivity contribution in [2.45, 2.75) is 71.1 Å². The minimum Gasteiger partial charge on any atom is -0.502 e. The number of benzene rings is 1. The van der Waals surface area contributed by atoms with Crippen LogP contribution in [-0.4, -0.2) is 31.9 Å². The molecule has 0 unspecified atom stereocenters. The van der Waals surface area contributed by atoms with Crippen LogP contribution in [0.15, 0.2) is 12.1 Å². The van der Waals surface area contributed by atoms with Gasteiger partial charge < -0.3 is 19.3 Å². The summed E-state index contributed by atoms with van der Waals surface area (Å²) in [5.41, 5.74) is 0.309. The fourth-order valence-corrected chi connectivity index (χ4v) is 2.85. The van der Waals surface area contributed by atoms with Crippen molar-refractivity contribution in [1.29, 1.82) is 0 Å². The maximum absolute atomic E-state index is 12.1. The number of phenolic OH excluding ortho intramolecular Hbond substituents is 1. The number of methoxy groups -OCH3 is 2. The van der Waals surface area contributed by atoms with Crippen molar-refractivity contribution in [3.8, 4) is 17.2 Å². The predicted octanol–water partition coefficient (Wildman–Crippen LogP) is 5.49. The lowest BCUT2D eigenvalue weighted by Crippen LogP contribution is -2.07. The molecule has 0 fully saturated rings. The van der Waals surface area contributed by atoms with E-state index < -0.39 is 5.97 Å². The highest BCUT2D eigenvalue weighted by molar-refractivity contribution is 5.91. The lowest BCUT2D eigenvalue weighted by Gasteiger charge is -2.11. The molecule has 0 aromatic heterocycles. The van der Waals surface area contributed by atoms with Crippen molar-refractivity contribution in [2.75, 3.05) is 20.8 Å². The molecule has 0 saturated carbocycles. The molecule has 1 rings (SSSR count). The van der Waals surface area contributed by atoms with Gasteiger partial charge in [-0.25, -0.2) is 4.79 Å². The Balaban J connectivity index is 2.21. The highest BCUT2D eigenvalue weighted by Crippen LogP contribution is 2.37. The van der Waals surface area contributed by atoms with Crippen molar-refractivity contribution in [2.24, 2.45) is 0 Å². The topological polar surface area (TPSA) is 65.0 Å². The molecule has 0 aliphatic heterocycles. The highest BCUT2D eigenvalue weighted by Gasteiger charge is 2.16. The molecule has 5 nitrogen and oxygen atoms in total. The number of hydrogen-bond donors (Lipinski definition) is 1. The second-order valence-corrected chi connectivity index (χ2v) is 6.55. The lowest BCUT2D eigenvalue weighted by atomic mass is 10.1. The third kappa shape index (κ3) is 7.98. The number of carbonyl (C=O) groups excluding carboxylic acids is 1. The molecule has 0 amide bonds. The fourth-order valence-electron chi connectivity index (χ4n) is 2.85. The van der Waals surface area contributed by atoms with Crippen molar-refractivity contribution in [1.82, 2.24) is 0 Å². The van der Waals surface area contributed by atoms with Gasteiger partial charge in [-0.3, -0.25) is 0 Å². The minimum absolute atomic E-state index is 0.124. The summed E-state index contributed by atoms with van der Waals surface area (Å²) in [6, 6.07) is 2.91. The Labute approximate surface area is 157 Å². The average Bonchev–Trinajstić information content (AvgIpc) is 2.66. The van der Waals surface area contributed by atoms with Gasteiger partial charge in [-0.2, -0.15) is 0 Å². The van der Waals surface area contributed by atoms with Crippen molar-refractivity contribution >= 4 is 5.97 Å². The maximum atomic E-state index is 12.1. The number of ether oxygens (including phenoxy) is 3. The van der Waals surface area contributed by atoms with Gasteiger partial charge >= 0.3 is 5.97 Å². The van der Waals surface area contributed by atoms with E-state index in [1.54, 1.807) is 0 Å². The van der Waals surface area contributed by atoms with Crippen LogP contribution in [0.2, 0.25) is 0 Å². The summed E-state index contributed by atoms with van der Waals surface area (Å²) in [6.07, 6.45) is 12.4. The summed E-state index contributed by atoms with van der Waals surface area (Å²) in [5, 5.41) is 9.87. The minimum atomic E-state index is -0.433. The molecule has 0 bridgehead atoms. The van der Waals surface area contributed by atoms with E-state index in [0.29, 0.717) is 12.2 Å². The molecule has 0 spiro atoms. The first-order chi connectivity index (χ1) is 12.6. The molecule has 0 atom stereocenters. The zero-order valence-electron chi connectivity index (χ0n) is 16.5. The van der Waals surface area contributed by atoms with E-state index in [2.05, 4.69) is 6.92 Å². The Morgan fingerprint density at radius 2 is 1.31 bits per heavy atom. The molecular weight excluding hydrogens is 332 g/mol. The highest BCUT2D eigenvalue weighted by atomic mass is 16.5. The Morgan fingerprint density at radius 3 is 1.77 bits per heavy atom. The van der Waals surface area contributed by atoms with Crippen LogP contribution in [0.3, 0.4) is 0 Å². The number of esters is 1. The van der Waals surface area contributed by atoms with E-state index in [9.17, 15) is 9.90 Å². The van der Waals surface area contributed by atoms with Crippen LogP contribution in [0.4, 0.5) is 0 Å². The Hall–Kier alpha value is -1.91. The van der Waals surface area contributed by atoms with Crippen LogP contribution < -0.4 is 9.47 Å². The van der Waals surface area contributed by atoms with Gasteiger partial charge in [0.1, 0.15) is 0 Å². The van der Waals surface area contributed by atoms with E-state index in [1.807, 2.05) is 0 Å². The number of hydrogen-bond acceptors (Lipinski definition) is 5. The SMILES string of the molecule is CCCCCCCCCCCCOC(=O)c1cc(OC)c(O)c(OC)c1. The lowest BCUT2D eigenvalue weighted by molar-refractivity contribution is 0.0496. The van der Waals surface area contributed by atoms with Crippen LogP contribution in [0.1, 0.15) is 81.5 Å². The van der Waals surface area contributed by atoms with Crippen LogP contribution in [0.5, 0.6) is 17.2 Å². The number of aromatic hydroxyl groups is 1. The standard InChI is InChI=1S/C21H34O5/c1-4-5-6-7-8-9-10-11-12-13-14-26-21(23)17-15-18(24-2)20(22)19(16-17)25-3/h15-16,22H,4-14H2,1-3H3. The quantitative estimate of drug-likeness (QED) is 0.348. The molecule has 0 radical (unpaired) electrons. The zero-order valence-corrected chi connectivity index (χ0v) is 16.5. The van der Waals surface area contributed by atoms with E-state index in [0.717, 1.165) is 12.8 Å². The summed E-state index contributed by atoms with van der Waals surface area (Å²) < 4.78 is 15.4. The third-order valence-corrected chi connectivity index (χ3v) is 4.45. The van der Waals surface area contributed by atoms with Gasteiger partial charge in [-0.15, -0.1) is 0 Å². The Morgan fingerprint density at radius 1 is 0.846 bits per heavy atom. The van der Waals surface area contributed by atoms with Crippen LogP contribution >= 0.6 is 0 Å². The van der Waals surface area contributed by atoms with Gasteiger partial charge in [0.25, 0.3) is 0 Å². The molecule has 26 heavy (non-hydrogen) atoms. The maximum Gasteiger partial charge on any atom is 0.338 e. The monoisotopic (exact) mass is 366 g/mol. The summed E-state index contributed by atoms with van der Waals surface area (Å²) in [4.78, 5) is 12.1. The first-order valence-corrected chi connectivity index (χ1v) is 9.76. The van der Waals surface area contributed by atoms with Gasteiger partial charge in [0.15, 0.2) is 11.5 Å². The largest absolute Gasteiger partial charge is 0.502 e. The molecular formula is C21H34O5. The first kappa shape index (κ1) is 22.1. The number of phenols is 1. The Kier molecular flexibility index (Phi) is 11.3. The van der Waals surface area contributed by atoms with E-state index >= 15 is 0 Å². The molecule has 0 aliphatic carbocycles. The van der Waals surface area contributed by atoms with Crippen molar-refractivity contribution < 1.29 is 24.1 Å². The fraction of sp³-hybridized carbons (Fsp3) is 0.667. The van der Waals surface area contributed by atoms with Gasteiger partial charge in [-0.05, 0) is 18.6 Å². The van der Waals surface area contributed by atoms with Gasteiger partial charge in [0, 0.05) is 0 Å². The second-order valence-electron chi connectivity index (χ2n) is 6.55. The molecule has 1 N–H and O–H groups in total. The van der Waals surface area contributed by atoms with Crippen molar-refractivity contribution in [3.05, 3.63) is 17.7 Å². The molecule has 0 aliphatic rings. The van der Waals surface area contributed by atoms with E-state index in [1.165, 1.54) is 77.7 Å². The molecule has 1 aromatic rings. The van der Waals surface area contributed by atoms with Gasteiger partial charge in [0.2, 0.25) is 5.75 Å². The van der Waals surface area contributed by atoms with E-state index in [4.69, 9.17) is 14.2 Å². The molecule has 0 saturated heterocycles. The molecule has 148 valence electrons. The smallest absolute Gasteiger partial charge is 0.338 e. The normalized spacial score (nSPS) is 10.6. The summed E-state index contributed by atoms with van der Waals surface area (Å²) in [5.74, 6) is -0.177. The van der Waals surface area contributed by atoms with Crippen LogP contribution in [-0.2, 0) is 4.74 Å². The first-order valence-electron chi connectivity index (χ1n) is 9.76. The average molecular weight is 366 g/mol. The number of unbranched alkanes of at least 4 members (excludes halogenated alkanes) is 9. The summed E-state index contributed by atoms with van der Waals surface area (Å²) in [6.45, 7) is 2.64. The van der Waals surface area contributed by atoms with Crippen LogP contribution in [0.25, 0.3) is 0 Å². The third-order valence-electron chi connectivity index (χ3n) is 4.45. The van der Waals surface area contributed by atoms with Gasteiger partial charge in [0.05, 0.1) is 26.4 Å². The Bertz CT molecular complexity index is 502. The predicted molar refractivity (Wildman–Crippen MR) is 103 cm³/mol.